The van der Waals surface area contributed by atoms with Crippen molar-refractivity contribution in [1.82, 2.24) is 0 Å². The Morgan fingerprint density at radius 2 is 2.04 bits per heavy atom. The number of hydrogen-bond donors (Lipinski definition) is 1. The fourth-order valence-electron chi connectivity index (χ4n) is 2.09. The van der Waals surface area contributed by atoms with Gasteiger partial charge in [-0.25, -0.2) is 0 Å². The monoisotopic (exact) mass is 331 g/mol. The first kappa shape index (κ1) is 17.2. The van der Waals surface area contributed by atoms with E-state index in [0.29, 0.717) is 6.42 Å². The summed E-state index contributed by atoms with van der Waals surface area (Å²) in [5, 5.41) is 4.78. The van der Waals surface area contributed by atoms with E-state index in [1.807, 2.05) is 49.6 Å². The molecule has 0 spiro atoms. The van der Waals surface area contributed by atoms with Gasteiger partial charge in [-0.15, -0.1) is 11.3 Å². The van der Waals surface area contributed by atoms with E-state index in [1.54, 1.807) is 18.3 Å². The zero-order valence-electron chi connectivity index (χ0n) is 13.6. The van der Waals surface area contributed by atoms with Crippen molar-refractivity contribution in [3.8, 4) is 0 Å². The molecule has 23 heavy (non-hydrogen) atoms. The van der Waals surface area contributed by atoms with Crippen molar-refractivity contribution >= 4 is 28.9 Å². The van der Waals surface area contributed by atoms with Gasteiger partial charge in [0.2, 0.25) is 0 Å². The summed E-state index contributed by atoms with van der Waals surface area (Å²) in [5.74, 6) is -0.676. The maximum absolute atomic E-state index is 12.2. The van der Waals surface area contributed by atoms with Gasteiger partial charge >= 0.3 is 5.97 Å². The third-order valence-corrected chi connectivity index (χ3v) is 4.42. The van der Waals surface area contributed by atoms with Gasteiger partial charge in [0.1, 0.15) is 0 Å². The summed E-state index contributed by atoms with van der Waals surface area (Å²) >= 11 is 1.61. The summed E-state index contributed by atoms with van der Waals surface area (Å²) in [6.45, 7) is 5.47. The second kappa shape index (κ2) is 7.92. The van der Waals surface area contributed by atoms with Crippen molar-refractivity contribution in [3.63, 3.8) is 0 Å². The number of carbonyl (C=O) groups excluding carboxylic acids is 2. The molecule has 0 saturated carbocycles. The first-order chi connectivity index (χ1) is 11.0. The van der Waals surface area contributed by atoms with Crippen molar-refractivity contribution < 1.29 is 14.3 Å². The molecule has 0 fully saturated rings. The van der Waals surface area contributed by atoms with E-state index in [1.165, 1.54) is 0 Å². The number of hydrogen-bond acceptors (Lipinski definition) is 4. The van der Waals surface area contributed by atoms with Crippen LogP contribution in [-0.2, 0) is 20.7 Å². The number of amides is 1. The number of nitrogens with one attached hydrogen (secondary N) is 1. The summed E-state index contributed by atoms with van der Waals surface area (Å²) in [5.41, 5.74) is 2.78. The lowest BCUT2D eigenvalue weighted by Crippen LogP contribution is -2.30. The average molecular weight is 331 g/mol. The highest BCUT2D eigenvalue weighted by Crippen LogP contribution is 2.17. The van der Waals surface area contributed by atoms with Crippen LogP contribution in [0, 0.1) is 13.8 Å². The molecular formula is C18H21NO3S. The van der Waals surface area contributed by atoms with Crippen LogP contribution in [0.25, 0.3) is 0 Å². The van der Waals surface area contributed by atoms with E-state index >= 15 is 0 Å². The van der Waals surface area contributed by atoms with Crippen LogP contribution in [0.4, 0.5) is 5.69 Å². The number of thiophene rings is 1. The van der Waals surface area contributed by atoms with E-state index in [4.69, 9.17) is 4.74 Å². The predicted octanol–water partition coefficient (Wildman–Crippen LogP) is 3.87. The lowest BCUT2D eigenvalue weighted by Gasteiger charge is -2.15. The summed E-state index contributed by atoms with van der Waals surface area (Å²) in [7, 11) is 0. The Balaban J connectivity index is 1.84. The standard InChI is InChI=1S/C18H21NO3S/c1-12-6-7-13(2)16(11-12)19-18(21)14(3)22-17(20)9-8-15-5-4-10-23-15/h4-7,10-11,14H,8-9H2,1-3H3,(H,19,21)/t14-/m0/s1. The third-order valence-electron chi connectivity index (χ3n) is 3.48. The Labute approximate surface area is 140 Å². The molecule has 4 nitrogen and oxygen atoms in total. The molecule has 1 N–H and O–H groups in total. The van der Waals surface area contributed by atoms with Crippen LogP contribution in [0.3, 0.4) is 0 Å². The molecule has 1 aromatic heterocycles. The molecule has 5 heteroatoms. The number of aryl methyl sites for hydroxylation is 3. The number of ether oxygens (including phenoxy) is 1. The third kappa shape index (κ3) is 5.21. The van der Waals surface area contributed by atoms with Crippen molar-refractivity contribution in [1.29, 1.82) is 0 Å². The molecule has 0 aliphatic carbocycles. The molecule has 0 bridgehead atoms. The zero-order valence-corrected chi connectivity index (χ0v) is 14.4. The van der Waals surface area contributed by atoms with Crippen molar-refractivity contribution in [3.05, 3.63) is 51.7 Å². The molecule has 0 unspecified atom stereocenters. The minimum absolute atomic E-state index is 0.279. The Hall–Kier alpha value is -2.14. The van der Waals surface area contributed by atoms with Gasteiger partial charge in [0.25, 0.3) is 5.91 Å². The minimum atomic E-state index is -0.814. The van der Waals surface area contributed by atoms with Gasteiger partial charge < -0.3 is 10.1 Å². The van der Waals surface area contributed by atoms with Gasteiger partial charge in [0, 0.05) is 10.6 Å². The largest absolute Gasteiger partial charge is 0.453 e. The van der Waals surface area contributed by atoms with E-state index in [9.17, 15) is 9.59 Å². The minimum Gasteiger partial charge on any atom is -0.453 e. The summed E-state index contributed by atoms with van der Waals surface area (Å²) in [4.78, 5) is 25.1. The fourth-order valence-corrected chi connectivity index (χ4v) is 2.80. The molecule has 122 valence electrons. The van der Waals surface area contributed by atoms with E-state index in [2.05, 4.69) is 5.32 Å². The SMILES string of the molecule is Cc1ccc(C)c(NC(=O)[C@H](C)OC(=O)CCc2cccs2)c1. The average Bonchev–Trinajstić information content (AvgIpc) is 3.02. The van der Waals surface area contributed by atoms with E-state index in [-0.39, 0.29) is 18.3 Å². The van der Waals surface area contributed by atoms with Crippen LogP contribution in [0.15, 0.2) is 35.7 Å². The van der Waals surface area contributed by atoms with Crippen LogP contribution in [-0.4, -0.2) is 18.0 Å². The summed E-state index contributed by atoms with van der Waals surface area (Å²) in [6, 6.07) is 9.76. The van der Waals surface area contributed by atoms with Crippen LogP contribution >= 0.6 is 11.3 Å². The van der Waals surface area contributed by atoms with E-state index in [0.717, 1.165) is 21.7 Å². The number of carbonyl (C=O) groups is 2. The normalized spacial score (nSPS) is 11.8. The zero-order chi connectivity index (χ0) is 16.8. The molecule has 1 atom stereocenters. The molecular weight excluding hydrogens is 310 g/mol. The summed E-state index contributed by atoms with van der Waals surface area (Å²) in [6.07, 6.45) is 0.106. The predicted molar refractivity (Wildman–Crippen MR) is 92.7 cm³/mol. The molecule has 0 radical (unpaired) electrons. The van der Waals surface area contributed by atoms with Crippen molar-refractivity contribution in [2.45, 2.75) is 39.7 Å². The number of benzene rings is 1. The first-order valence-corrected chi connectivity index (χ1v) is 8.43. The molecule has 2 aromatic rings. The number of rotatable bonds is 6. The molecule has 0 aliphatic heterocycles. The second-order valence-corrected chi connectivity index (χ2v) is 6.55. The Kier molecular flexibility index (Phi) is 5.93. The molecule has 1 amide bonds. The van der Waals surface area contributed by atoms with Gasteiger partial charge in [0.15, 0.2) is 6.10 Å². The fraction of sp³-hybridized carbons (Fsp3) is 0.333. The lowest BCUT2D eigenvalue weighted by atomic mass is 10.1. The van der Waals surface area contributed by atoms with Gasteiger partial charge in [-0.2, -0.15) is 0 Å². The van der Waals surface area contributed by atoms with Crippen molar-refractivity contribution in [2.24, 2.45) is 0 Å². The maximum atomic E-state index is 12.2. The molecule has 0 aliphatic rings. The Morgan fingerprint density at radius 1 is 1.26 bits per heavy atom. The quantitative estimate of drug-likeness (QED) is 0.818. The first-order valence-electron chi connectivity index (χ1n) is 7.55. The van der Waals surface area contributed by atoms with Crippen LogP contribution < -0.4 is 5.32 Å². The lowest BCUT2D eigenvalue weighted by molar-refractivity contribution is -0.153. The van der Waals surface area contributed by atoms with Gasteiger partial charge in [-0.1, -0.05) is 18.2 Å². The van der Waals surface area contributed by atoms with Gasteiger partial charge in [-0.05, 0) is 55.8 Å². The molecule has 2 rings (SSSR count). The maximum Gasteiger partial charge on any atom is 0.306 e. The number of anilines is 1. The Morgan fingerprint density at radius 3 is 2.74 bits per heavy atom. The smallest absolute Gasteiger partial charge is 0.306 e. The molecule has 1 heterocycles. The second-order valence-electron chi connectivity index (χ2n) is 5.52. The highest BCUT2D eigenvalue weighted by Gasteiger charge is 2.18. The van der Waals surface area contributed by atoms with Gasteiger partial charge in [0.05, 0.1) is 6.42 Å². The van der Waals surface area contributed by atoms with Crippen LogP contribution in [0.5, 0.6) is 0 Å². The van der Waals surface area contributed by atoms with Crippen LogP contribution in [0.2, 0.25) is 0 Å². The molecule has 1 aromatic carbocycles. The number of esters is 1. The Bertz CT molecular complexity index is 680. The summed E-state index contributed by atoms with van der Waals surface area (Å²) < 4.78 is 5.21. The van der Waals surface area contributed by atoms with Crippen molar-refractivity contribution in [2.75, 3.05) is 5.32 Å². The van der Waals surface area contributed by atoms with E-state index < -0.39 is 6.10 Å². The van der Waals surface area contributed by atoms with Gasteiger partial charge in [-0.3, -0.25) is 9.59 Å². The van der Waals surface area contributed by atoms with Crippen LogP contribution in [0.1, 0.15) is 29.3 Å². The highest BCUT2D eigenvalue weighted by atomic mass is 32.1. The topological polar surface area (TPSA) is 55.4 Å². The molecule has 0 saturated heterocycles. The highest BCUT2D eigenvalue weighted by molar-refractivity contribution is 7.09.